The van der Waals surface area contributed by atoms with Crippen molar-refractivity contribution >= 4 is 23.3 Å². The summed E-state index contributed by atoms with van der Waals surface area (Å²) in [6.45, 7) is 1.70. The maximum Gasteiger partial charge on any atom is 0.257 e. The van der Waals surface area contributed by atoms with Crippen molar-refractivity contribution in [2.75, 3.05) is 0 Å². The summed E-state index contributed by atoms with van der Waals surface area (Å²) in [5, 5.41) is 21.5. The molecule has 0 saturated heterocycles. The Hall–Kier alpha value is -4.43. The Morgan fingerprint density at radius 2 is 1.98 bits per heavy atom. The lowest BCUT2D eigenvalue weighted by molar-refractivity contribution is -0.148. The zero-order chi connectivity index (χ0) is 31.2. The Kier molecular flexibility index (Phi) is 7.58. The van der Waals surface area contributed by atoms with Crippen LogP contribution in [0.15, 0.2) is 67.3 Å². The molecule has 6 rings (SSSR count). The number of aromatic nitrogens is 3. The van der Waals surface area contributed by atoms with E-state index < -0.39 is 29.2 Å². The largest absolute Gasteiger partial charge is 0.379 e. The van der Waals surface area contributed by atoms with E-state index >= 15 is 4.39 Å². The van der Waals surface area contributed by atoms with Crippen LogP contribution in [0.2, 0.25) is 5.02 Å². The van der Waals surface area contributed by atoms with E-state index in [-0.39, 0.29) is 47.6 Å². The number of ether oxygens (including phenoxy) is 1. The first-order valence-electron chi connectivity index (χ1n) is 14.3. The summed E-state index contributed by atoms with van der Waals surface area (Å²) in [5.74, 6) is -1.27. The molecule has 3 atom stereocenters. The molecule has 0 radical (unpaired) electrons. The fraction of sp³-hybridized carbons (Fsp3) is 0.303. The molecule has 0 bridgehead atoms. The number of fused-ring (bicyclic) bond motifs is 1. The molecule has 1 amide bonds. The molecule has 0 spiro atoms. The van der Waals surface area contributed by atoms with Gasteiger partial charge in [-0.1, -0.05) is 36.7 Å². The lowest BCUT2D eigenvalue weighted by Gasteiger charge is -2.41. The molecule has 2 aliphatic rings. The molecule has 3 heterocycles. The van der Waals surface area contributed by atoms with Gasteiger partial charge in [0.15, 0.2) is 0 Å². The maximum atomic E-state index is 16.8. The molecular formula is C33H29ClFN5O4. The number of aliphatic hydroxyl groups is 1. The van der Waals surface area contributed by atoms with Gasteiger partial charge in [0.25, 0.3) is 5.91 Å². The second-order valence-corrected chi connectivity index (χ2v) is 11.7. The van der Waals surface area contributed by atoms with E-state index in [1.54, 1.807) is 61.4 Å². The topological polar surface area (TPSA) is 121 Å². The number of amides is 1. The van der Waals surface area contributed by atoms with E-state index in [0.29, 0.717) is 34.7 Å². The van der Waals surface area contributed by atoms with E-state index in [4.69, 9.17) is 16.3 Å². The van der Waals surface area contributed by atoms with Gasteiger partial charge in [-0.05, 0) is 54.3 Å². The van der Waals surface area contributed by atoms with E-state index in [1.807, 2.05) is 6.07 Å². The Bertz CT molecular complexity index is 1800. The van der Waals surface area contributed by atoms with Gasteiger partial charge in [-0.2, -0.15) is 5.26 Å². The first-order chi connectivity index (χ1) is 21.1. The van der Waals surface area contributed by atoms with Crippen molar-refractivity contribution in [1.29, 1.82) is 5.26 Å². The zero-order valence-electron chi connectivity index (χ0n) is 24.1. The highest BCUT2D eigenvalue weighted by Crippen LogP contribution is 2.50. The number of hydrogen-bond donors (Lipinski definition) is 1. The number of hydrogen-bond acceptors (Lipinski definition) is 7. The van der Waals surface area contributed by atoms with E-state index in [1.165, 1.54) is 29.3 Å². The Morgan fingerprint density at radius 3 is 2.57 bits per heavy atom. The third-order valence-electron chi connectivity index (χ3n) is 8.46. The molecule has 224 valence electrons. The minimum atomic E-state index is -1.78. The summed E-state index contributed by atoms with van der Waals surface area (Å²) in [6, 6.07) is 14.5. The number of nitrogens with zero attached hydrogens (tertiary/aromatic N) is 5. The van der Waals surface area contributed by atoms with Crippen molar-refractivity contribution < 1.29 is 23.8 Å². The number of imidazole rings is 1. The molecule has 44 heavy (non-hydrogen) atoms. The minimum absolute atomic E-state index is 0.0173. The van der Waals surface area contributed by atoms with Gasteiger partial charge in [-0.15, -0.1) is 0 Å². The average Bonchev–Trinajstić information content (AvgIpc) is 3.71. The summed E-state index contributed by atoms with van der Waals surface area (Å²) in [7, 11) is 1.76. The molecule has 9 nitrogen and oxygen atoms in total. The van der Waals surface area contributed by atoms with Crippen LogP contribution in [-0.4, -0.2) is 42.3 Å². The molecule has 1 saturated carbocycles. The number of aryl methyl sites for hydroxylation is 1. The molecule has 1 unspecified atom stereocenters. The maximum absolute atomic E-state index is 16.8. The molecule has 1 fully saturated rings. The normalized spacial score (nSPS) is 20.9. The number of nitriles is 1. The summed E-state index contributed by atoms with van der Waals surface area (Å²) in [6.07, 6.45) is 5.12. The van der Waals surface area contributed by atoms with Gasteiger partial charge >= 0.3 is 0 Å². The van der Waals surface area contributed by atoms with Crippen LogP contribution in [0, 0.1) is 17.1 Å². The average molecular weight is 614 g/mol. The standard InChI is InChI=1S/C33H29ClFN5O4/c1-3-32(43,29-18-39(2)19-38-29)22-12-27-30(28(35)13-22)33(21-5-7-23(34)8-6-21,44-26-11-10-25(41)14-26)40(31(27)42)17-20-4-9-24(15-36)37-16-20/h4-9,12-13,16,18-19,26,43H,3,10-11,14,17H2,1-2H3/t26-,32?,33+/m0/s1. The lowest BCUT2D eigenvalue weighted by atomic mass is 9.84. The first kappa shape index (κ1) is 29.6. The lowest BCUT2D eigenvalue weighted by Crippen LogP contribution is -2.48. The number of Topliss-reactive ketones (excluding diaryl/α,β-unsaturated/α-hetero) is 1. The second kappa shape index (κ2) is 11.2. The van der Waals surface area contributed by atoms with Crippen LogP contribution in [0.3, 0.4) is 0 Å². The number of carbonyl (C=O) groups is 2. The molecule has 2 aromatic carbocycles. The van der Waals surface area contributed by atoms with Crippen molar-refractivity contribution in [1.82, 2.24) is 19.4 Å². The molecule has 1 aliphatic carbocycles. The number of pyridine rings is 1. The SMILES string of the molecule is CCC(O)(c1cc(F)c2c(c1)C(=O)N(Cc1ccc(C#N)nc1)[C@@]2(O[C@H]1CCC(=O)C1)c1ccc(Cl)cc1)c1cn(C)cn1. The van der Waals surface area contributed by atoms with Gasteiger partial charge < -0.3 is 14.4 Å². The van der Waals surface area contributed by atoms with Crippen molar-refractivity contribution in [3.05, 3.63) is 117 Å². The number of halogens is 2. The van der Waals surface area contributed by atoms with Crippen LogP contribution < -0.4 is 0 Å². The summed E-state index contributed by atoms with van der Waals surface area (Å²) < 4.78 is 25.2. The summed E-state index contributed by atoms with van der Waals surface area (Å²) >= 11 is 6.24. The highest BCUT2D eigenvalue weighted by atomic mass is 35.5. The van der Waals surface area contributed by atoms with E-state index in [0.717, 1.165) is 0 Å². The zero-order valence-corrected chi connectivity index (χ0v) is 24.9. The van der Waals surface area contributed by atoms with Crippen LogP contribution in [0.1, 0.15) is 76.6 Å². The van der Waals surface area contributed by atoms with Gasteiger partial charge in [-0.3, -0.25) is 14.5 Å². The predicted octanol–water partition coefficient (Wildman–Crippen LogP) is 5.12. The van der Waals surface area contributed by atoms with Crippen LogP contribution in [0.4, 0.5) is 4.39 Å². The summed E-state index contributed by atoms with van der Waals surface area (Å²) in [5.41, 5.74) is -1.74. The molecular weight excluding hydrogens is 585 g/mol. The minimum Gasteiger partial charge on any atom is -0.379 e. The Morgan fingerprint density at radius 1 is 1.20 bits per heavy atom. The van der Waals surface area contributed by atoms with Gasteiger partial charge in [0.1, 0.15) is 29.0 Å². The quantitative estimate of drug-likeness (QED) is 0.293. The van der Waals surface area contributed by atoms with Crippen LogP contribution in [0.5, 0.6) is 0 Å². The first-order valence-corrected chi connectivity index (χ1v) is 14.6. The number of carbonyl (C=O) groups excluding carboxylic acids is 2. The van der Waals surface area contributed by atoms with Crippen molar-refractivity contribution in [2.45, 2.75) is 56.6 Å². The van der Waals surface area contributed by atoms with Gasteiger partial charge in [0, 0.05) is 42.9 Å². The van der Waals surface area contributed by atoms with Crippen molar-refractivity contribution in [2.24, 2.45) is 7.05 Å². The molecule has 1 N–H and O–H groups in total. The number of rotatable bonds is 8. The third-order valence-corrected chi connectivity index (χ3v) is 8.71. The Labute approximate surface area is 258 Å². The van der Waals surface area contributed by atoms with Crippen molar-refractivity contribution in [3.8, 4) is 6.07 Å². The van der Waals surface area contributed by atoms with Gasteiger partial charge in [-0.25, -0.2) is 14.4 Å². The van der Waals surface area contributed by atoms with Gasteiger partial charge in [0.2, 0.25) is 5.72 Å². The predicted molar refractivity (Wildman–Crippen MR) is 158 cm³/mol. The van der Waals surface area contributed by atoms with Crippen molar-refractivity contribution in [3.63, 3.8) is 0 Å². The number of benzene rings is 2. The van der Waals surface area contributed by atoms with Gasteiger partial charge in [0.05, 0.1) is 35.8 Å². The molecule has 2 aromatic heterocycles. The fourth-order valence-electron chi connectivity index (χ4n) is 6.18. The summed E-state index contributed by atoms with van der Waals surface area (Å²) in [4.78, 5) is 36.7. The van der Waals surface area contributed by atoms with Crippen LogP contribution in [-0.2, 0) is 34.4 Å². The smallest absolute Gasteiger partial charge is 0.257 e. The Balaban J connectivity index is 1.58. The molecule has 1 aliphatic heterocycles. The van der Waals surface area contributed by atoms with Crippen LogP contribution in [0.25, 0.3) is 0 Å². The van der Waals surface area contributed by atoms with Crippen LogP contribution >= 0.6 is 11.6 Å². The molecule has 4 aromatic rings. The highest BCUT2D eigenvalue weighted by Gasteiger charge is 2.56. The molecule has 11 heteroatoms. The number of ketones is 1. The second-order valence-electron chi connectivity index (χ2n) is 11.2. The third kappa shape index (κ3) is 4.87. The monoisotopic (exact) mass is 613 g/mol. The van der Waals surface area contributed by atoms with E-state index in [9.17, 15) is 20.0 Å². The van der Waals surface area contributed by atoms with E-state index in [2.05, 4.69) is 9.97 Å². The fourth-order valence-corrected chi connectivity index (χ4v) is 6.31. The highest BCUT2D eigenvalue weighted by molar-refractivity contribution is 6.30.